The highest BCUT2D eigenvalue weighted by Gasteiger charge is 2.24. The predicted molar refractivity (Wildman–Crippen MR) is 112 cm³/mol. The lowest BCUT2D eigenvalue weighted by atomic mass is 10.1. The quantitative estimate of drug-likeness (QED) is 0.679. The lowest BCUT2D eigenvalue weighted by molar-refractivity contribution is 0.0804. The minimum absolute atomic E-state index is 0.222. The lowest BCUT2D eigenvalue weighted by Crippen LogP contribution is -2.32. The molecule has 1 aromatic heterocycles. The third kappa shape index (κ3) is 4.57. The van der Waals surface area contributed by atoms with Crippen molar-refractivity contribution >= 4 is 11.5 Å². The molecule has 1 amide bonds. The van der Waals surface area contributed by atoms with E-state index in [1.165, 1.54) is 23.8 Å². The van der Waals surface area contributed by atoms with Gasteiger partial charge in [-0.3, -0.25) is 9.69 Å². The Labute approximate surface area is 175 Å². The fraction of sp³-hybridized carbons (Fsp3) is 0.348. The van der Waals surface area contributed by atoms with Crippen LogP contribution in [0, 0.1) is 5.82 Å². The Bertz CT molecular complexity index is 974. The van der Waals surface area contributed by atoms with Gasteiger partial charge in [0, 0.05) is 37.6 Å². The number of hydrogen-bond donors (Lipinski definition) is 0. The Morgan fingerprint density at radius 2 is 1.97 bits per heavy atom. The Balaban J connectivity index is 1.31. The molecule has 0 saturated carbocycles. The van der Waals surface area contributed by atoms with Crippen LogP contribution in [0.5, 0.6) is 5.75 Å². The Hall–Kier alpha value is -3.06. The van der Waals surface area contributed by atoms with E-state index in [1.54, 1.807) is 23.6 Å². The molecule has 2 aliphatic heterocycles. The molecule has 7 heteroatoms. The Morgan fingerprint density at radius 1 is 1.17 bits per heavy atom. The van der Waals surface area contributed by atoms with Gasteiger partial charge in [-0.1, -0.05) is 6.08 Å². The van der Waals surface area contributed by atoms with Crippen LogP contribution in [0.4, 0.5) is 4.39 Å². The van der Waals surface area contributed by atoms with Crippen LogP contribution in [0.1, 0.15) is 42.4 Å². The van der Waals surface area contributed by atoms with Gasteiger partial charge in [0.15, 0.2) is 5.82 Å². The highest BCUT2D eigenvalue weighted by Crippen LogP contribution is 2.27. The monoisotopic (exact) mass is 408 g/mol. The average Bonchev–Trinajstić information content (AvgIpc) is 2.89. The summed E-state index contributed by atoms with van der Waals surface area (Å²) < 4.78 is 19.2. The van der Waals surface area contributed by atoms with E-state index in [0.29, 0.717) is 12.3 Å². The summed E-state index contributed by atoms with van der Waals surface area (Å²) in [5.74, 6) is 0.518. The van der Waals surface area contributed by atoms with Gasteiger partial charge in [0.1, 0.15) is 17.8 Å². The van der Waals surface area contributed by atoms with E-state index < -0.39 is 5.82 Å². The van der Waals surface area contributed by atoms with Crippen LogP contribution in [-0.4, -0.2) is 51.9 Å². The van der Waals surface area contributed by atoms with Crippen LogP contribution in [0.15, 0.2) is 54.7 Å². The first-order chi connectivity index (χ1) is 14.6. The van der Waals surface area contributed by atoms with Gasteiger partial charge in [-0.25, -0.2) is 14.4 Å². The van der Waals surface area contributed by atoms with Crippen LogP contribution >= 0.6 is 0 Å². The number of fused-ring (bicyclic) bond motifs is 1. The summed E-state index contributed by atoms with van der Waals surface area (Å²) in [4.78, 5) is 25.7. The van der Waals surface area contributed by atoms with Gasteiger partial charge < -0.3 is 9.64 Å². The molecule has 1 aromatic carbocycles. The Morgan fingerprint density at radius 3 is 2.80 bits per heavy atom. The van der Waals surface area contributed by atoms with Crippen LogP contribution in [0.25, 0.3) is 5.57 Å². The highest BCUT2D eigenvalue weighted by molar-refractivity contribution is 5.98. The lowest BCUT2D eigenvalue weighted by Gasteiger charge is -2.27. The van der Waals surface area contributed by atoms with Crippen molar-refractivity contribution in [3.05, 3.63) is 71.9 Å². The SMILES string of the molecule is CC1=COc2ccc(F)cc2C(=O)N1CCCCN1CCC=C(c2ncccn2)C1. The zero-order valence-corrected chi connectivity index (χ0v) is 17.1. The number of carbonyl (C=O) groups is 1. The summed E-state index contributed by atoms with van der Waals surface area (Å²) in [7, 11) is 0. The van der Waals surface area contributed by atoms with E-state index in [9.17, 15) is 9.18 Å². The van der Waals surface area contributed by atoms with Gasteiger partial charge in [0.25, 0.3) is 5.91 Å². The second-order valence-electron chi connectivity index (χ2n) is 7.55. The summed E-state index contributed by atoms with van der Waals surface area (Å²) in [5.41, 5.74) is 2.15. The fourth-order valence-electron chi connectivity index (χ4n) is 3.80. The van der Waals surface area contributed by atoms with Crippen molar-refractivity contribution in [2.24, 2.45) is 0 Å². The number of rotatable bonds is 6. The predicted octanol–water partition coefficient (Wildman–Crippen LogP) is 3.88. The van der Waals surface area contributed by atoms with E-state index in [1.807, 2.05) is 13.0 Å². The number of carbonyl (C=O) groups excluding carboxylic acids is 1. The molecule has 0 radical (unpaired) electrons. The van der Waals surface area contributed by atoms with Crippen LogP contribution in [0.2, 0.25) is 0 Å². The van der Waals surface area contributed by atoms with Crippen molar-refractivity contribution in [2.45, 2.75) is 26.2 Å². The molecule has 0 fully saturated rings. The number of halogens is 1. The van der Waals surface area contributed by atoms with Crippen molar-refractivity contribution in [3.63, 3.8) is 0 Å². The van der Waals surface area contributed by atoms with Gasteiger partial charge in [0.05, 0.1) is 11.3 Å². The number of aromatic nitrogens is 2. The topological polar surface area (TPSA) is 58.6 Å². The summed E-state index contributed by atoms with van der Waals surface area (Å²) in [6.45, 7) is 5.20. The minimum atomic E-state index is -0.443. The maximum absolute atomic E-state index is 13.6. The van der Waals surface area contributed by atoms with Crippen LogP contribution in [0.3, 0.4) is 0 Å². The minimum Gasteiger partial charge on any atom is -0.462 e. The first kappa shape index (κ1) is 20.2. The number of allylic oxidation sites excluding steroid dienone is 1. The molecule has 0 aliphatic carbocycles. The maximum atomic E-state index is 13.6. The summed E-state index contributed by atoms with van der Waals surface area (Å²) in [6.07, 6.45) is 10.1. The zero-order chi connectivity index (χ0) is 20.9. The molecule has 0 spiro atoms. The van der Waals surface area contributed by atoms with E-state index in [4.69, 9.17) is 4.74 Å². The van der Waals surface area contributed by atoms with Gasteiger partial charge >= 0.3 is 0 Å². The Kier molecular flexibility index (Phi) is 6.18. The second-order valence-corrected chi connectivity index (χ2v) is 7.55. The van der Waals surface area contributed by atoms with Crippen molar-refractivity contribution in [3.8, 4) is 5.75 Å². The van der Waals surface area contributed by atoms with Crippen molar-refractivity contribution in [1.29, 1.82) is 0 Å². The molecule has 156 valence electrons. The molecule has 0 N–H and O–H groups in total. The molecule has 6 nitrogen and oxygen atoms in total. The van der Waals surface area contributed by atoms with Gasteiger partial charge in [-0.2, -0.15) is 0 Å². The highest BCUT2D eigenvalue weighted by atomic mass is 19.1. The smallest absolute Gasteiger partial charge is 0.262 e. The molecule has 0 saturated heterocycles. The van der Waals surface area contributed by atoms with E-state index in [-0.39, 0.29) is 11.5 Å². The van der Waals surface area contributed by atoms with Crippen LogP contribution in [-0.2, 0) is 0 Å². The van der Waals surface area contributed by atoms with Gasteiger partial charge in [0.2, 0.25) is 0 Å². The van der Waals surface area contributed by atoms with Crippen molar-refractivity contribution in [2.75, 3.05) is 26.2 Å². The third-order valence-corrected chi connectivity index (χ3v) is 5.39. The number of amides is 1. The van der Waals surface area contributed by atoms with E-state index >= 15 is 0 Å². The molecule has 0 bridgehead atoms. The molecular weight excluding hydrogens is 383 g/mol. The van der Waals surface area contributed by atoms with Crippen LogP contribution < -0.4 is 4.74 Å². The van der Waals surface area contributed by atoms with E-state index in [2.05, 4.69) is 20.9 Å². The first-order valence-corrected chi connectivity index (χ1v) is 10.3. The molecule has 2 aliphatic rings. The van der Waals surface area contributed by atoms with Crippen molar-refractivity contribution < 1.29 is 13.9 Å². The fourth-order valence-corrected chi connectivity index (χ4v) is 3.80. The van der Waals surface area contributed by atoms with Gasteiger partial charge in [-0.05, 0) is 57.0 Å². The standard InChI is InChI=1S/C23H25FN4O2/c1-17-16-30-21-8-7-19(24)14-20(21)23(29)28(17)13-3-2-11-27-12-4-6-18(15-27)22-25-9-5-10-26-22/h5-10,14,16H,2-4,11-13,15H2,1H3. The molecule has 0 unspecified atom stereocenters. The second kappa shape index (κ2) is 9.17. The normalized spacial score (nSPS) is 17.0. The number of unbranched alkanes of at least 4 members (excludes halogenated alkanes) is 1. The largest absolute Gasteiger partial charge is 0.462 e. The molecule has 4 rings (SSSR count). The summed E-state index contributed by atoms with van der Waals surface area (Å²) in [6, 6.07) is 5.86. The molecule has 3 heterocycles. The number of hydrogen-bond acceptors (Lipinski definition) is 5. The number of nitrogens with zero attached hydrogens (tertiary/aromatic N) is 4. The number of ether oxygens (including phenoxy) is 1. The van der Waals surface area contributed by atoms with Gasteiger partial charge in [-0.15, -0.1) is 0 Å². The maximum Gasteiger partial charge on any atom is 0.262 e. The zero-order valence-electron chi connectivity index (χ0n) is 17.1. The average molecular weight is 408 g/mol. The summed E-state index contributed by atoms with van der Waals surface area (Å²) >= 11 is 0. The van der Waals surface area contributed by atoms with E-state index in [0.717, 1.165) is 50.4 Å². The first-order valence-electron chi connectivity index (χ1n) is 10.3. The summed E-state index contributed by atoms with van der Waals surface area (Å²) in [5, 5.41) is 0. The molecule has 0 atom stereocenters. The van der Waals surface area contributed by atoms with Crippen molar-refractivity contribution in [1.82, 2.24) is 19.8 Å². The molecular formula is C23H25FN4O2. The molecule has 30 heavy (non-hydrogen) atoms. The molecule has 2 aromatic rings. The third-order valence-electron chi connectivity index (χ3n) is 5.39. The number of benzene rings is 1.